The van der Waals surface area contributed by atoms with Crippen LogP contribution in [0.3, 0.4) is 0 Å². The van der Waals surface area contributed by atoms with Crippen molar-refractivity contribution in [2.45, 2.75) is 51.0 Å². The van der Waals surface area contributed by atoms with Crippen LogP contribution < -0.4 is 0 Å². The van der Waals surface area contributed by atoms with Crippen molar-refractivity contribution in [2.24, 2.45) is 39.9 Å². The summed E-state index contributed by atoms with van der Waals surface area (Å²) in [7, 11) is 0. The van der Waals surface area contributed by atoms with Gasteiger partial charge in [0.2, 0.25) is 0 Å². The van der Waals surface area contributed by atoms with Gasteiger partial charge in [-0.3, -0.25) is 9.59 Å². The third-order valence-corrected chi connectivity index (χ3v) is 9.21. The third kappa shape index (κ3) is 0.878. The van der Waals surface area contributed by atoms with Crippen molar-refractivity contribution in [3.63, 3.8) is 0 Å². The molecule has 0 aromatic rings. The van der Waals surface area contributed by atoms with Gasteiger partial charge in [0.05, 0.1) is 11.3 Å². The molecule has 8 atom stereocenters. The Morgan fingerprint density at radius 2 is 2.13 bits per heavy atom. The number of carbonyl (C=O) groups is 2. The quantitative estimate of drug-likeness (QED) is 0.597. The van der Waals surface area contributed by atoms with Crippen LogP contribution in [0, 0.1) is 39.9 Å². The van der Waals surface area contributed by atoms with Gasteiger partial charge < -0.3 is 9.84 Å². The number of rotatable bonds is 1. The Balaban J connectivity index is 1.66. The number of hydrogen-bond acceptors (Lipinski definition) is 3. The molecule has 6 saturated carbocycles. The van der Waals surface area contributed by atoms with Crippen molar-refractivity contribution < 1.29 is 19.4 Å². The molecule has 1 N–H and O–H groups in total. The summed E-state index contributed by atoms with van der Waals surface area (Å²) >= 11 is 0. The maximum atomic E-state index is 12.8. The lowest BCUT2D eigenvalue weighted by molar-refractivity contribution is -0.161. The first-order valence-corrected chi connectivity index (χ1v) is 9.02. The first kappa shape index (κ1) is 13.0. The maximum Gasteiger partial charge on any atom is 0.312 e. The molecule has 1 heterocycles. The Labute approximate surface area is 135 Å². The van der Waals surface area contributed by atoms with Crippen LogP contribution in [0.5, 0.6) is 0 Å². The van der Waals surface area contributed by atoms with Gasteiger partial charge in [0.15, 0.2) is 0 Å². The number of ether oxygens (including phenoxy) is 1. The van der Waals surface area contributed by atoms with E-state index in [1.807, 2.05) is 6.92 Å². The number of fused-ring (bicyclic) bond motifs is 1. The van der Waals surface area contributed by atoms with Gasteiger partial charge in [0.1, 0.15) is 5.60 Å². The summed E-state index contributed by atoms with van der Waals surface area (Å²) in [5.74, 6) is -0.596. The minimum atomic E-state index is -0.703. The fourth-order valence-electron chi connectivity index (χ4n) is 8.91. The summed E-state index contributed by atoms with van der Waals surface area (Å²) in [6, 6.07) is 0. The van der Waals surface area contributed by atoms with E-state index in [0.717, 1.165) is 38.5 Å². The highest BCUT2D eigenvalue weighted by Crippen LogP contribution is 2.98. The summed E-state index contributed by atoms with van der Waals surface area (Å²) < 4.78 is 6.19. The smallest absolute Gasteiger partial charge is 0.312 e. The normalized spacial score (nSPS) is 63.5. The Kier molecular flexibility index (Phi) is 1.77. The molecule has 4 nitrogen and oxygen atoms in total. The van der Waals surface area contributed by atoms with E-state index in [9.17, 15) is 14.7 Å². The number of esters is 1. The largest absolute Gasteiger partial charge is 0.481 e. The van der Waals surface area contributed by atoms with Crippen molar-refractivity contribution in [3.05, 3.63) is 12.2 Å². The van der Waals surface area contributed by atoms with E-state index in [-0.39, 0.29) is 22.7 Å². The Hall–Kier alpha value is -1.32. The number of carbonyl (C=O) groups excluding carboxylic acids is 1. The number of carboxylic acid groups (broad SMARTS) is 1. The lowest BCUT2D eigenvalue weighted by atomic mass is 9.55. The second-order valence-corrected chi connectivity index (χ2v) is 9.30. The summed E-state index contributed by atoms with van der Waals surface area (Å²) in [5.41, 5.74) is -0.0989. The van der Waals surface area contributed by atoms with Gasteiger partial charge in [-0.1, -0.05) is 12.2 Å². The molecule has 2 spiro atoms. The van der Waals surface area contributed by atoms with Crippen LogP contribution in [0.2, 0.25) is 0 Å². The van der Waals surface area contributed by atoms with Gasteiger partial charge in [-0.15, -0.1) is 0 Å². The van der Waals surface area contributed by atoms with Crippen LogP contribution in [0.1, 0.15) is 45.4 Å². The minimum absolute atomic E-state index is 0.104. The van der Waals surface area contributed by atoms with E-state index in [2.05, 4.69) is 6.58 Å². The molecule has 23 heavy (non-hydrogen) atoms. The molecule has 0 amide bonds. The zero-order chi connectivity index (χ0) is 16.0. The molecule has 1 aliphatic heterocycles. The van der Waals surface area contributed by atoms with Crippen molar-refractivity contribution in [3.8, 4) is 0 Å². The number of carboxylic acids is 1. The van der Waals surface area contributed by atoms with Gasteiger partial charge in [-0.25, -0.2) is 0 Å². The Morgan fingerprint density at radius 3 is 2.87 bits per heavy atom. The average molecular weight is 314 g/mol. The molecule has 2 unspecified atom stereocenters. The fourth-order valence-corrected chi connectivity index (χ4v) is 8.91. The third-order valence-electron chi connectivity index (χ3n) is 9.21. The predicted octanol–water partition coefficient (Wildman–Crippen LogP) is 2.78. The second kappa shape index (κ2) is 3.12. The topological polar surface area (TPSA) is 63.6 Å². The van der Waals surface area contributed by atoms with Crippen LogP contribution in [-0.2, 0) is 14.3 Å². The lowest BCUT2D eigenvalue weighted by Crippen LogP contribution is -2.52. The number of aliphatic carboxylic acids is 1. The van der Waals surface area contributed by atoms with Gasteiger partial charge in [-0.05, 0) is 57.3 Å². The molecule has 4 heteroatoms. The van der Waals surface area contributed by atoms with Gasteiger partial charge in [-0.2, -0.15) is 0 Å². The van der Waals surface area contributed by atoms with E-state index < -0.39 is 22.9 Å². The molecular formula is C19H22O4. The molecule has 0 radical (unpaired) electrons. The van der Waals surface area contributed by atoms with Crippen LogP contribution in [0.15, 0.2) is 12.2 Å². The number of hydrogen-bond donors (Lipinski definition) is 1. The fraction of sp³-hybridized carbons (Fsp3) is 0.789. The van der Waals surface area contributed by atoms with Crippen LogP contribution in [0.4, 0.5) is 0 Å². The molecule has 7 fully saturated rings. The zero-order valence-electron chi connectivity index (χ0n) is 13.4. The molecule has 1 saturated heterocycles. The van der Waals surface area contributed by atoms with E-state index in [1.165, 1.54) is 5.57 Å². The second-order valence-electron chi connectivity index (χ2n) is 9.30. The SMILES string of the molecule is C=C1C2[C@@]34CC[C@@H]1C[C@@]23[C@@H](C(=O)O)[C@@H]1C2(C)CCC[C@]14OC2=O. The van der Waals surface area contributed by atoms with E-state index in [1.54, 1.807) is 0 Å². The summed E-state index contributed by atoms with van der Waals surface area (Å²) in [4.78, 5) is 25.1. The molecule has 6 aliphatic carbocycles. The first-order valence-electron chi connectivity index (χ1n) is 9.02. The van der Waals surface area contributed by atoms with Crippen molar-refractivity contribution in [1.82, 2.24) is 0 Å². The monoisotopic (exact) mass is 314 g/mol. The first-order chi connectivity index (χ1) is 10.9. The summed E-state index contributed by atoms with van der Waals surface area (Å²) in [5, 5.41) is 10.2. The molecule has 0 aromatic carbocycles. The molecule has 7 rings (SSSR count). The van der Waals surface area contributed by atoms with Crippen molar-refractivity contribution in [1.29, 1.82) is 0 Å². The molecular weight excluding hydrogens is 292 g/mol. The van der Waals surface area contributed by atoms with Crippen molar-refractivity contribution in [2.75, 3.05) is 0 Å². The van der Waals surface area contributed by atoms with Gasteiger partial charge in [0, 0.05) is 16.7 Å². The highest BCUT2D eigenvalue weighted by molar-refractivity contribution is 5.86. The maximum absolute atomic E-state index is 12.8. The number of allylic oxidation sites excluding steroid dienone is 1. The van der Waals surface area contributed by atoms with Crippen LogP contribution in [-0.4, -0.2) is 22.6 Å². The highest BCUT2D eigenvalue weighted by Gasteiger charge is 3.00. The molecule has 0 aromatic heterocycles. The van der Waals surface area contributed by atoms with E-state index >= 15 is 0 Å². The standard InChI is InChI=1S/C19H22O4/c1-9-10-4-7-18-12(9)17(18,8-10)11(14(20)21)13-16(2)5-3-6-19(13,18)23-15(16)22/h10-13H,1,3-8H2,2H3,(H,20,21)/t10-,11-,12?,13-,16?,17-,18+,19+/m1/s1. The molecule has 7 aliphatic rings. The average Bonchev–Trinajstić information content (AvgIpc) is 2.89. The van der Waals surface area contributed by atoms with Crippen molar-refractivity contribution >= 4 is 11.9 Å². The minimum Gasteiger partial charge on any atom is -0.481 e. The van der Waals surface area contributed by atoms with Gasteiger partial charge in [0.25, 0.3) is 0 Å². The highest BCUT2D eigenvalue weighted by atomic mass is 16.6. The van der Waals surface area contributed by atoms with Crippen LogP contribution >= 0.6 is 0 Å². The predicted molar refractivity (Wildman–Crippen MR) is 80.2 cm³/mol. The van der Waals surface area contributed by atoms with Crippen LogP contribution in [0.25, 0.3) is 0 Å². The Morgan fingerprint density at radius 1 is 1.35 bits per heavy atom. The van der Waals surface area contributed by atoms with Gasteiger partial charge >= 0.3 is 11.9 Å². The zero-order valence-corrected chi connectivity index (χ0v) is 13.4. The summed E-state index contributed by atoms with van der Waals surface area (Å²) in [6.07, 6.45) is 5.73. The lowest BCUT2D eigenvalue weighted by Gasteiger charge is -2.47. The molecule has 6 bridgehead atoms. The molecule has 122 valence electrons. The van der Waals surface area contributed by atoms with E-state index in [4.69, 9.17) is 4.74 Å². The Bertz CT molecular complexity index is 727. The van der Waals surface area contributed by atoms with E-state index in [0.29, 0.717) is 11.8 Å². The summed E-state index contributed by atoms with van der Waals surface area (Å²) in [6.45, 7) is 6.32.